The molecule has 0 saturated carbocycles. The lowest BCUT2D eigenvalue weighted by Gasteiger charge is -2.12. The van der Waals surface area contributed by atoms with Gasteiger partial charge in [0.2, 0.25) is 0 Å². The molecule has 92 valence electrons. The highest BCUT2D eigenvalue weighted by atomic mass is 15.4. The Morgan fingerprint density at radius 1 is 1.24 bits per heavy atom. The van der Waals surface area contributed by atoms with Gasteiger partial charge in [0.25, 0.3) is 0 Å². The smallest absolute Gasteiger partial charge is 0.0672 e. The summed E-state index contributed by atoms with van der Waals surface area (Å²) in [5, 5.41) is 4.44. The maximum atomic E-state index is 4.44. The number of hydrogen-bond acceptors (Lipinski definition) is 2. The van der Waals surface area contributed by atoms with Gasteiger partial charge in [0, 0.05) is 30.2 Å². The minimum absolute atomic E-state index is 0.813. The molecule has 2 aromatic heterocycles. The molecular weight excluding hydrogens is 212 g/mol. The first kappa shape index (κ1) is 11.8. The lowest BCUT2D eigenvalue weighted by Crippen LogP contribution is -2.17. The molecule has 17 heavy (non-hydrogen) atoms. The van der Waals surface area contributed by atoms with Crippen molar-refractivity contribution in [2.75, 3.05) is 5.43 Å². The maximum absolute atomic E-state index is 4.44. The van der Waals surface area contributed by atoms with Crippen molar-refractivity contribution in [1.82, 2.24) is 14.5 Å². The van der Waals surface area contributed by atoms with Crippen molar-refractivity contribution in [2.24, 2.45) is 7.05 Å². The van der Waals surface area contributed by atoms with E-state index < -0.39 is 0 Å². The zero-order valence-electron chi connectivity index (χ0n) is 11.0. The molecule has 2 rings (SSSR count). The van der Waals surface area contributed by atoms with Crippen LogP contribution in [0.2, 0.25) is 0 Å². The van der Waals surface area contributed by atoms with Crippen LogP contribution in [0.4, 0.5) is 0 Å². The predicted molar refractivity (Wildman–Crippen MR) is 69.6 cm³/mol. The molecule has 4 heteroatoms. The summed E-state index contributed by atoms with van der Waals surface area (Å²) in [6, 6.07) is 4.23. The lowest BCUT2D eigenvalue weighted by atomic mass is 10.2. The predicted octanol–water partition coefficient (Wildman–Crippen LogP) is 2.14. The average Bonchev–Trinajstić information content (AvgIpc) is 2.81. The first-order valence-corrected chi connectivity index (χ1v) is 6.02. The number of aryl methyl sites for hydroxylation is 4. The van der Waals surface area contributed by atoms with E-state index in [-0.39, 0.29) is 0 Å². The second kappa shape index (κ2) is 4.65. The molecule has 0 radical (unpaired) electrons. The van der Waals surface area contributed by atoms with Crippen LogP contribution in [0.25, 0.3) is 0 Å². The van der Waals surface area contributed by atoms with E-state index in [1.807, 2.05) is 11.7 Å². The molecule has 2 aromatic rings. The number of nitrogens with one attached hydrogen (secondary N) is 1. The second-order valence-corrected chi connectivity index (χ2v) is 4.41. The van der Waals surface area contributed by atoms with E-state index >= 15 is 0 Å². The van der Waals surface area contributed by atoms with Gasteiger partial charge < -0.3 is 5.43 Å². The third-order valence-electron chi connectivity index (χ3n) is 3.03. The summed E-state index contributed by atoms with van der Waals surface area (Å²) >= 11 is 0. The van der Waals surface area contributed by atoms with Crippen molar-refractivity contribution in [2.45, 2.75) is 33.7 Å². The van der Waals surface area contributed by atoms with E-state index in [1.54, 1.807) is 0 Å². The molecule has 0 fully saturated rings. The summed E-state index contributed by atoms with van der Waals surface area (Å²) in [6.45, 7) is 7.15. The Balaban J connectivity index is 2.12. The van der Waals surface area contributed by atoms with Crippen LogP contribution in [-0.2, 0) is 20.0 Å². The van der Waals surface area contributed by atoms with Crippen LogP contribution in [0.5, 0.6) is 0 Å². The van der Waals surface area contributed by atoms with Crippen molar-refractivity contribution >= 4 is 0 Å². The number of nitrogens with zero attached hydrogens (tertiary/aromatic N) is 3. The van der Waals surface area contributed by atoms with Gasteiger partial charge in [-0.05, 0) is 32.4 Å². The van der Waals surface area contributed by atoms with E-state index in [1.165, 1.54) is 22.6 Å². The molecular formula is C13H20N4. The van der Waals surface area contributed by atoms with Crippen molar-refractivity contribution in [3.8, 4) is 0 Å². The highest BCUT2D eigenvalue weighted by molar-refractivity contribution is 5.20. The maximum Gasteiger partial charge on any atom is 0.0672 e. The fourth-order valence-corrected chi connectivity index (χ4v) is 2.11. The zero-order valence-corrected chi connectivity index (χ0v) is 11.0. The highest BCUT2D eigenvalue weighted by Gasteiger charge is 2.06. The summed E-state index contributed by atoms with van der Waals surface area (Å²) in [7, 11) is 1.97. The molecule has 0 bridgehead atoms. The van der Waals surface area contributed by atoms with Gasteiger partial charge in [0.1, 0.15) is 0 Å². The number of aromatic nitrogens is 3. The van der Waals surface area contributed by atoms with Crippen LogP contribution in [-0.4, -0.2) is 14.5 Å². The number of hydrogen-bond donors (Lipinski definition) is 1. The molecule has 0 aromatic carbocycles. The average molecular weight is 232 g/mol. The molecule has 4 nitrogen and oxygen atoms in total. The molecule has 0 unspecified atom stereocenters. The quantitative estimate of drug-likeness (QED) is 0.876. The van der Waals surface area contributed by atoms with Gasteiger partial charge in [-0.25, -0.2) is 0 Å². The van der Waals surface area contributed by atoms with Gasteiger partial charge in [0.15, 0.2) is 0 Å². The molecule has 0 aliphatic heterocycles. The minimum Gasteiger partial charge on any atom is -0.321 e. The largest absolute Gasteiger partial charge is 0.321 e. The van der Waals surface area contributed by atoms with Crippen LogP contribution in [0.1, 0.15) is 29.6 Å². The van der Waals surface area contributed by atoms with Crippen molar-refractivity contribution in [1.29, 1.82) is 0 Å². The van der Waals surface area contributed by atoms with E-state index in [9.17, 15) is 0 Å². The molecule has 0 aliphatic carbocycles. The van der Waals surface area contributed by atoms with Crippen LogP contribution < -0.4 is 5.43 Å². The zero-order chi connectivity index (χ0) is 12.4. The highest BCUT2D eigenvalue weighted by Crippen LogP contribution is 2.09. The third kappa shape index (κ3) is 2.35. The standard InChI is InChI=1S/C13H20N4/c1-5-13-12(9-16(4)15-13)8-14-17-10(2)6-7-11(17)3/h6-7,9,14H,5,8H2,1-4H3. The Labute approximate surface area is 102 Å². The molecule has 0 saturated heterocycles. The van der Waals surface area contributed by atoms with Crippen LogP contribution in [0.15, 0.2) is 18.3 Å². The third-order valence-corrected chi connectivity index (χ3v) is 3.03. The Morgan fingerprint density at radius 2 is 1.88 bits per heavy atom. The summed E-state index contributed by atoms with van der Waals surface area (Å²) < 4.78 is 4.00. The lowest BCUT2D eigenvalue weighted by molar-refractivity contribution is 0.746. The Kier molecular flexibility index (Phi) is 3.22. The van der Waals surface area contributed by atoms with Crippen LogP contribution in [0, 0.1) is 13.8 Å². The van der Waals surface area contributed by atoms with Gasteiger partial charge in [-0.1, -0.05) is 6.92 Å². The van der Waals surface area contributed by atoms with Crippen LogP contribution >= 0.6 is 0 Å². The van der Waals surface area contributed by atoms with Crippen LogP contribution in [0.3, 0.4) is 0 Å². The number of rotatable bonds is 4. The summed E-state index contributed by atoms with van der Waals surface area (Å²) in [4.78, 5) is 0. The van der Waals surface area contributed by atoms with Gasteiger partial charge in [0.05, 0.1) is 12.2 Å². The topological polar surface area (TPSA) is 34.8 Å². The van der Waals surface area contributed by atoms with E-state index in [0.717, 1.165) is 13.0 Å². The van der Waals surface area contributed by atoms with E-state index in [4.69, 9.17) is 0 Å². The Bertz CT molecular complexity index is 488. The first-order valence-electron chi connectivity index (χ1n) is 6.02. The van der Waals surface area contributed by atoms with Crippen molar-refractivity contribution in [3.63, 3.8) is 0 Å². The van der Waals surface area contributed by atoms with Gasteiger partial charge in [-0.2, -0.15) is 5.10 Å². The monoisotopic (exact) mass is 232 g/mol. The molecule has 0 aliphatic rings. The summed E-state index contributed by atoms with van der Waals surface area (Å²) in [5.41, 5.74) is 8.32. The first-order chi connectivity index (χ1) is 8.11. The fraction of sp³-hybridized carbons (Fsp3) is 0.462. The van der Waals surface area contributed by atoms with Gasteiger partial charge >= 0.3 is 0 Å². The fourth-order valence-electron chi connectivity index (χ4n) is 2.11. The molecule has 0 amide bonds. The Morgan fingerprint density at radius 3 is 2.47 bits per heavy atom. The normalized spacial score (nSPS) is 10.8. The molecule has 1 N–H and O–H groups in total. The van der Waals surface area contributed by atoms with Gasteiger partial charge in [-0.15, -0.1) is 0 Å². The van der Waals surface area contributed by atoms with Crippen molar-refractivity contribution in [3.05, 3.63) is 41.0 Å². The summed E-state index contributed by atoms with van der Waals surface area (Å²) in [5.74, 6) is 0. The molecule has 2 heterocycles. The second-order valence-electron chi connectivity index (χ2n) is 4.41. The Hall–Kier alpha value is -1.71. The summed E-state index contributed by atoms with van der Waals surface area (Å²) in [6.07, 6.45) is 3.06. The molecule has 0 atom stereocenters. The SMILES string of the molecule is CCc1nn(C)cc1CNn1c(C)ccc1C. The van der Waals surface area contributed by atoms with E-state index in [2.05, 4.69) is 54.3 Å². The molecule has 0 spiro atoms. The van der Waals surface area contributed by atoms with E-state index in [0.29, 0.717) is 0 Å². The van der Waals surface area contributed by atoms with Gasteiger partial charge in [-0.3, -0.25) is 9.36 Å². The minimum atomic E-state index is 0.813. The van der Waals surface area contributed by atoms with Crippen molar-refractivity contribution < 1.29 is 0 Å².